The van der Waals surface area contributed by atoms with Crippen molar-refractivity contribution in [2.45, 2.75) is 56.2 Å². The van der Waals surface area contributed by atoms with E-state index in [1.807, 2.05) is 0 Å². The second kappa shape index (κ2) is 3.22. The Labute approximate surface area is 98.8 Å². The Hall–Kier alpha value is -0.0451. The quantitative estimate of drug-likeness (QED) is 0.456. The molecule has 1 radical (unpaired) electrons. The number of fused-ring (bicyclic) bond motifs is 3. The fraction of sp³-hybridized carbons (Fsp3) is 0.917. The van der Waals surface area contributed by atoms with Crippen LogP contribution in [0.15, 0.2) is 0 Å². The number of likely N-dealkylation sites (tertiary alicyclic amines) is 1. The van der Waals surface area contributed by atoms with E-state index in [0.29, 0.717) is 5.31 Å². The summed E-state index contributed by atoms with van der Waals surface area (Å²) in [6, 6.07) is 0.747. The number of rotatable bonds is 0. The van der Waals surface area contributed by atoms with Crippen LogP contribution in [0, 0.1) is 5.92 Å². The molecule has 81 valence electrons. The van der Waals surface area contributed by atoms with Gasteiger partial charge in [0.2, 0.25) is 0 Å². The van der Waals surface area contributed by atoms with Gasteiger partial charge in [0.05, 0.1) is 4.99 Å². The van der Waals surface area contributed by atoms with Crippen molar-refractivity contribution in [3.05, 3.63) is 0 Å². The SMILES string of the molecule is CN1C(=S)CCC2C1CCCC1(C)[B]C21. The molecule has 1 aliphatic carbocycles. The van der Waals surface area contributed by atoms with Crippen LogP contribution in [0.4, 0.5) is 0 Å². The van der Waals surface area contributed by atoms with Gasteiger partial charge >= 0.3 is 0 Å². The molecule has 2 aliphatic heterocycles. The highest BCUT2D eigenvalue weighted by Crippen LogP contribution is 2.67. The molecule has 2 heterocycles. The average Bonchev–Trinajstić information content (AvgIpc) is 2.86. The van der Waals surface area contributed by atoms with E-state index in [2.05, 4.69) is 26.2 Å². The molecule has 0 aromatic carbocycles. The zero-order valence-corrected chi connectivity index (χ0v) is 10.5. The number of hydrogen-bond donors (Lipinski definition) is 0. The van der Waals surface area contributed by atoms with E-state index in [4.69, 9.17) is 12.2 Å². The molecule has 1 saturated carbocycles. The minimum absolute atomic E-state index is 0.596. The third kappa shape index (κ3) is 1.46. The van der Waals surface area contributed by atoms with E-state index in [9.17, 15) is 0 Å². The van der Waals surface area contributed by atoms with Gasteiger partial charge < -0.3 is 4.90 Å². The first-order valence-electron chi connectivity index (χ1n) is 6.23. The summed E-state index contributed by atoms with van der Waals surface area (Å²) in [4.78, 5) is 3.60. The van der Waals surface area contributed by atoms with Gasteiger partial charge in [0.15, 0.2) is 0 Å². The molecule has 4 unspecified atom stereocenters. The van der Waals surface area contributed by atoms with E-state index in [-0.39, 0.29) is 0 Å². The van der Waals surface area contributed by atoms with Crippen molar-refractivity contribution in [2.75, 3.05) is 7.05 Å². The summed E-state index contributed by atoms with van der Waals surface area (Å²) in [6.07, 6.45) is 6.64. The Balaban J connectivity index is 1.84. The van der Waals surface area contributed by atoms with Gasteiger partial charge in [-0.05, 0) is 25.2 Å². The minimum Gasteiger partial charge on any atom is -0.366 e. The first-order chi connectivity index (χ1) is 7.12. The van der Waals surface area contributed by atoms with Crippen LogP contribution in [0.3, 0.4) is 0 Å². The van der Waals surface area contributed by atoms with Crippen LogP contribution >= 0.6 is 12.2 Å². The highest BCUT2D eigenvalue weighted by molar-refractivity contribution is 7.80. The fourth-order valence-electron chi connectivity index (χ4n) is 3.87. The van der Waals surface area contributed by atoms with Crippen molar-refractivity contribution in [3.63, 3.8) is 0 Å². The van der Waals surface area contributed by atoms with Crippen LogP contribution in [0.2, 0.25) is 11.1 Å². The molecule has 2 saturated heterocycles. The van der Waals surface area contributed by atoms with Crippen molar-refractivity contribution in [1.29, 1.82) is 0 Å². The van der Waals surface area contributed by atoms with Gasteiger partial charge in [-0.25, -0.2) is 0 Å². The zero-order chi connectivity index (χ0) is 10.6. The van der Waals surface area contributed by atoms with Crippen LogP contribution in [0.1, 0.15) is 39.0 Å². The van der Waals surface area contributed by atoms with Crippen LogP contribution in [-0.4, -0.2) is 30.3 Å². The molecule has 0 bridgehead atoms. The third-order valence-electron chi connectivity index (χ3n) is 4.97. The van der Waals surface area contributed by atoms with Crippen molar-refractivity contribution in [1.82, 2.24) is 4.90 Å². The number of nitrogens with zero attached hydrogens (tertiary/aromatic N) is 1. The summed E-state index contributed by atoms with van der Waals surface area (Å²) < 4.78 is 0. The molecule has 0 aromatic rings. The molecule has 0 spiro atoms. The Morgan fingerprint density at radius 1 is 1.47 bits per heavy atom. The molecule has 3 fully saturated rings. The molecule has 0 amide bonds. The average molecular weight is 220 g/mol. The maximum atomic E-state index is 5.44. The summed E-state index contributed by atoms with van der Waals surface area (Å²) in [5.74, 6) is 1.80. The lowest BCUT2D eigenvalue weighted by atomic mass is 9.77. The Bertz CT molecular complexity index is 306. The molecule has 4 atom stereocenters. The first kappa shape index (κ1) is 10.1. The normalized spacial score (nSPS) is 48.8. The predicted molar refractivity (Wildman–Crippen MR) is 68.6 cm³/mol. The standard InChI is InChI=1S/C12H19BNS/c1-12-7-3-4-9-8(11(12)13-12)5-6-10(15)14(9)2/h8-9,11H,3-7H2,1-2H3. The number of hydrogen-bond acceptors (Lipinski definition) is 1. The molecule has 3 aliphatic rings. The van der Waals surface area contributed by atoms with Gasteiger partial charge in [-0.1, -0.05) is 43.1 Å². The molecule has 0 aromatic heterocycles. The first-order valence-corrected chi connectivity index (χ1v) is 6.64. The lowest BCUT2D eigenvalue weighted by Gasteiger charge is -2.41. The van der Waals surface area contributed by atoms with E-state index in [0.717, 1.165) is 24.2 Å². The Morgan fingerprint density at radius 2 is 2.27 bits per heavy atom. The summed E-state index contributed by atoms with van der Waals surface area (Å²) in [7, 11) is 4.82. The smallest absolute Gasteiger partial charge is 0.121 e. The van der Waals surface area contributed by atoms with E-state index >= 15 is 0 Å². The molecule has 1 nitrogen and oxygen atoms in total. The van der Waals surface area contributed by atoms with Gasteiger partial charge in [-0.15, -0.1) is 0 Å². The lowest BCUT2D eigenvalue weighted by Crippen LogP contribution is -2.45. The zero-order valence-electron chi connectivity index (χ0n) is 9.70. The maximum absolute atomic E-state index is 5.44. The summed E-state index contributed by atoms with van der Waals surface area (Å²) >= 11 is 5.44. The van der Waals surface area contributed by atoms with Gasteiger partial charge in [0.25, 0.3) is 0 Å². The van der Waals surface area contributed by atoms with Crippen molar-refractivity contribution in [2.24, 2.45) is 5.92 Å². The van der Waals surface area contributed by atoms with Crippen molar-refractivity contribution in [3.8, 4) is 0 Å². The third-order valence-corrected chi connectivity index (χ3v) is 5.46. The Kier molecular flexibility index (Phi) is 2.18. The Morgan fingerprint density at radius 3 is 3.07 bits per heavy atom. The second-order valence-corrected chi connectivity index (χ2v) is 6.34. The summed E-state index contributed by atoms with van der Waals surface area (Å²) in [6.45, 7) is 2.45. The van der Waals surface area contributed by atoms with Crippen LogP contribution in [0.5, 0.6) is 0 Å². The fourth-order valence-corrected chi connectivity index (χ4v) is 4.13. The van der Waals surface area contributed by atoms with E-state index in [1.54, 1.807) is 0 Å². The van der Waals surface area contributed by atoms with Crippen LogP contribution < -0.4 is 0 Å². The predicted octanol–water partition coefficient (Wildman–Crippen LogP) is 2.89. The van der Waals surface area contributed by atoms with Gasteiger partial charge in [0.1, 0.15) is 7.28 Å². The van der Waals surface area contributed by atoms with Crippen LogP contribution in [0.25, 0.3) is 0 Å². The number of piperidine rings is 1. The van der Waals surface area contributed by atoms with E-state index < -0.39 is 0 Å². The molecular formula is C12H19BNS. The lowest BCUT2D eigenvalue weighted by molar-refractivity contribution is 0.214. The maximum Gasteiger partial charge on any atom is 0.121 e. The summed E-state index contributed by atoms with van der Waals surface area (Å²) in [5.41, 5.74) is 0. The van der Waals surface area contributed by atoms with Gasteiger partial charge in [0, 0.05) is 13.1 Å². The molecular weight excluding hydrogens is 201 g/mol. The van der Waals surface area contributed by atoms with Gasteiger partial charge in [-0.3, -0.25) is 0 Å². The van der Waals surface area contributed by atoms with Crippen molar-refractivity contribution >= 4 is 24.5 Å². The largest absolute Gasteiger partial charge is 0.366 e. The number of thiocarbonyl (C=S) groups is 1. The topological polar surface area (TPSA) is 3.24 Å². The molecule has 15 heavy (non-hydrogen) atoms. The van der Waals surface area contributed by atoms with E-state index in [1.165, 1.54) is 30.7 Å². The second-order valence-electron chi connectivity index (χ2n) is 5.87. The van der Waals surface area contributed by atoms with Crippen molar-refractivity contribution < 1.29 is 0 Å². The molecule has 0 N–H and O–H groups in total. The molecule has 3 heteroatoms. The van der Waals surface area contributed by atoms with Gasteiger partial charge in [-0.2, -0.15) is 0 Å². The highest BCUT2D eigenvalue weighted by Gasteiger charge is 2.57. The highest BCUT2D eigenvalue weighted by atomic mass is 32.1. The van der Waals surface area contributed by atoms with Crippen LogP contribution in [-0.2, 0) is 0 Å². The monoisotopic (exact) mass is 220 g/mol. The summed E-state index contributed by atoms with van der Waals surface area (Å²) in [5, 5.41) is 0.596. The minimum atomic E-state index is 0.596. The molecule has 3 rings (SSSR count).